The van der Waals surface area contributed by atoms with Crippen LogP contribution in [0.25, 0.3) is 27.5 Å². The summed E-state index contributed by atoms with van der Waals surface area (Å²) in [6.45, 7) is 4.44. The first kappa shape index (κ1) is 23.1. The first-order valence-corrected chi connectivity index (χ1v) is 12.5. The predicted octanol–water partition coefficient (Wildman–Crippen LogP) is 6.52. The SMILES string of the molecule is CCN(C(=O)COc1ccc(-c2c(-c3ccc(Cl)cc3)nc3scc(C)n23)cc1)c1ccccn1. The molecule has 0 saturated heterocycles. The molecule has 35 heavy (non-hydrogen) atoms. The number of aromatic nitrogens is 3. The molecule has 0 radical (unpaired) electrons. The van der Waals surface area contributed by atoms with Crippen LogP contribution < -0.4 is 9.64 Å². The van der Waals surface area contributed by atoms with Gasteiger partial charge in [-0.1, -0.05) is 29.8 Å². The van der Waals surface area contributed by atoms with Crippen molar-refractivity contribution in [3.05, 3.63) is 89.0 Å². The number of benzene rings is 2. The lowest BCUT2D eigenvalue weighted by Gasteiger charge is -2.19. The zero-order valence-electron chi connectivity index (χ0n) is 19.3. The number of aryl methyl sites for hydroxylation is 1. The molecule has 1 amide bonds. The van der Waals surface area contributed by atoms with Crippen molar-refractivity contribution in [3.8, 4) is 28.3 Å². The second-order valence-corrected chi connectivity index (χ2v) is 9.22. The molecule has 0 aliphatic heterocycles. The Morgan fingerprint density at radius 1 is 1.06 bits per heavy atom. The number of likely N-dealkylation sites (N-methyl/N-ethyl adjacent to an activating group) is 1. The standard InChI is InChI=1S/C27H23ClN4O2S/c1-3-31(23-6-4-5-15-29-23)24(33)16-34-22-13-9-20(10-14-22)26-25(19-7-11-21(28)12-8-19)30-27-32(26)18(2)17-35-27/h4-15,17H,3,16H2,1-2H3. The summed E-state index contributed by atoms with van der Waals surface area (Å²) < 4.78 is 7.98. The van der Waals surface area contributed by atoms with Gasteiger partial charge in [-0.25, -0.2) is 9.97 Å². The number of pyridine rings is 1. The molecule has 5 rings (SSSR count). The molecule has 0 fully saturated rings. The van der Waals surface area contributed by atoms with Crippen molar-refractivity contribution in [1.82, 2.24) is 14.4 Å². The minimum atomic E-state index is -0.147. The van der Waals surface area contributed by atoms with Gasteiger partial charge < -0.3 is 4.74 Å². The maximum absolute atomic E-state index is 12.7. The fourth-order valence-corrected chi connectivity index (χ4v) is 4.98. The zero-order chi connectivity index (χ0) is 24.4. The minimum Gasteiger partial charge on any atom is -0.484 e. The third-order valence-electron chi connectivity index (χ3n) is 5.69. The largest absolute Gasteiger partial charge is 0.484 e. The van der Waals surface area contributed by atoms with Crippen molar-refractivity contribution in [2.75, 3.05) is 18.1 Å². The van der Waals surface area contributed by atoms with Gasteiger partial charge in [0, 0.05) is 40.0 Å². The molecule has 3 heterocycles. The number of amides is 1. The summed E-state index contributed by atoms with van der Waals surface area (Å²) in [6, 6.07) is 21.0. The van der Waals surface area contributed by atoms with Crippen LogP contribution in [0.5, 0.6) is 5.75 Å². The van der Waals surface area contributed by atoms with Crippen LogP contribution in [0.3, 0.4) is 0 Å². The number of rotatable bonds is 7. The van der Waals surface area contributed by atoms with Crippen LogP contribution >= 0.6 is 22.9 Å². The van der Waals surface area contributed by atoms with Crippen LogP contribution in [0.4, 0.5) is 5.82 Å². The minimum absolute atomic E-state index is 0.0691. The zero-order valence-corrected chi connectivity index (χ0v) is 20.9. The molecule has 0 aliphatic rings. The number of ether oxygens (including phenoxy) is 1. The molecular formula is C27H23ClN4O2S. The maximum Gasteiger partial charge on any atom is 0.266 e. The van der Waals surface area contributed by atoms with E-state index in [0.717, 1.165) is 33.2 Å². The van der Waals surface area contributed by atoms with Crippen LogP contribution in [0.2, 0.25) is 5.02 Å². The van der Waals surface area contributed by atoms with Gasteiger partial charge in [-0.3, -0.25) is 14.1 Å². The monoisotopic (exact) mass is 502 g/mol. The van der Waals surface area contributed by atoms with E-state index in [1.807, 2.05) is 73.7 Å². The summed E-state index contributed by atoms with van der Waals surface area (Å²) in [5.74, 6) is 1.09. The van der Waals surface area contributed by atoms with Gasteiger partial charge >= 0.3 is 0 Å². The van der Waals surface area contributed by atoms with Gasteiger partial charge in [0.25, 0.3) is 5.91 Å². The average molecular weight is 503 g/mol. The lowest BCUT2D eigenvalue weighted by Crippen LogP contribution is -2.35. The summed E-state index contributed by atoms with van der Waals surface area (Å²) in [4.78, 5) is 24.4. The second kappa shape index (κ2) is 9.90. The van der Waals surface area contributed by atoms with Gasteiger partial charge in [0.15, 0.2) is 11.6 Å². The number of imidazole rings is 1. The Balaban J connectivity index is 1.39. The Hall–Kier alpha value is -3.68. The number of thiazole rings is 1. The highest BCUT2D eigenvalue weighted by Gasteiger charge is 2.19. The molecule has 8 heteroatoms. The fraction of sp³-hybridized carbons (Fsp3) is 0.148. The van der Waals surface area contributed by atoms with Gasteiger partial charge in [-0.05, 0) is 62.4 Å². The van der Waals surface area contributed by atoms with Crippen LogP contribution in [-0.2, 0) is 4.79 Å². The number of fused-ring (bicyclic) bond motifs is 1. The first-order valence-electron chi connectivity index (χ1n) is 11.2. The van der Waals surface area contributed by atoms with E-state index >= 15 is 0 Å². The molecule has 3 aromatic heterocycles. The molecular weight excluding hydrogens is 480 g/mol. The van der Waals surface area contributed by atoms with Crippen molar-refractivity contribution in [3.63, 3.8) is 0 Å². The quantitative estimate of drug-likeness (QED) is 0.254. The topological polar surface area (TPSA) is 59.7 Å². The number of carbonyl (C=O) groups excluding carboxylic acids is 1. The summed E-state index contributed by atoms with van der Waals surface area (Å²) in [6.07, 6.45) is 1.67. The molecule has 176 valence electrons. The predicted molar refractivity (Wildman–Crippen MR) is 141 cm³/mol. The Morgan fingerprint density at radius 2 is 1.80 bits per heavy atom. The van der Waals surface area contributed by atoms with Crippen LogP contribution in [-0.4, -0.2) is 33.4 Å². The summed E-state index contributed by atoms with van der Waals surface area (Å²) >= 11 is 7.72. The highest BCUT2D eigenvalue weighted by Crippen LogP contribution is 2.36. The van der Waals surface area contributed by atoms with E-state index in [9.17, 15) is 4.79 Å². The van der Waals surface area contributed by atoms with Crippen molar-refractivity contribution >= 4 is 39.6 Å². The molecule has 0 bridgehead atoms. The molecule has 0 N–H and O–H groups in total. The van der Waals surface area contributed by atoms with Gasteiger partial charge in [-0.15, -0.1) is 11.3 Å². The molecule has 2 aromatic carbocycles. The van der Waals surface area contributed by atoms with Crippen molar-refractivity contribution in [2.45, 2.75) is 13.8 Å². The number of hydrogen-bond acceptors (Lipinski definition) is 5. The van der Waals surface area contributed by atoms with E-state index in [2.05, 4.69) is 21.7 Å². The fourth-order valence-electron chi connectivity index (χ4n) is 3.98. The van der Waals surface area contributed by atoms with Crippen molar-refractivity contribution in [2.24, 2.45) is 0 Å². The lowest BCUT2D eigenvalue weighted by molar-refractivity contribution is -0.120. The molecule has 5 aromatic rings. The molecule has 0 unspecified atom stereocenters. The molecule has 0 atom stereocenters. The third-order valence-corrected chi connectivity index (χ3v) is 6.88. The van der Waals surface area contributed by atoms with E-state index in [0.29, 0.717) is 23.1 Å². The lowest BCUT2D eigenvalue weighted by atomic mass is 10.0. The molecule has 0 spiro atoms. The Bertz CT molecular complexity index is 1460. The highest BCUT2D eigenvalue weighted by atomic mass is 35.5. The second-order valence-electron chi connectivity index (χ2n) is 7.95. The number of anilines is 1. The van der Waals surface area contributed by atoms with E-state index in [-0.39, 0.29) is 12.5 Å². The smallest absolute Gasteiger partial charge is 0.266 e. The van der Waals surface area contributed by atoms with Gasteiger partial charge in [0.1, 0.15) is 11.6 Å². The summed E-state index contributed by atoms with van der Waals surface area (Å²) in [7, 11) is 0. The highest BCUT2D eigenvalue weighted by molar-refractivity contribution is 7.15. The number of carbonyl (C=O) groups is 1. The first-order chi connectivity index (χ1) is 17.0. The van der Waals surface area contributed by atoms with Gasteiger partial charge in [0.05, 0.1) is 11.4 Å². The average Bonchev–Trinajstić information content (AvgIpc) is 3.44. The summed E-state index contributed by atoms with van der Waals surface area (Å²) in [5.41, 5.74) is 5.03. The number of hydrogen-bond donors (Lipinski definition) is 0. The van der Waals surface area contributed by atoms with Crippen LogP contribution in [0.15, 0.2) is 78.3 Å². The Morgan fingerprint density at radius 3 is 2.49 bits per heavy atom. The normalized spacial score (nSPS) is 11.1. The number of nitrogens with zero attached hydrogens (tertiary/aromatic N) is 4. The van der Waals surface area contributed by atoms with Crippen LogP contribution in [0, 0.1) is 6.92 Å². The van der Waals surface area contributed by atoms with Gasteiger partial charge in [0.2, 0.25) is 0 Å². The van der Waals surface area contributed by atoms with Crippen molar-refractivity contribution < 1.29 is 9.53 Å². The van der Waals surface area contributed by atoms with Gasteiger partial charge in [-0.2, -0.15) is 0 Å². The van der Waals surface area contributed by atoms with E-state index in [1.54, 1.807) is 22.4 Å². The summed E-state index contributed by atoms with van der Waals surface area (Å²) in [5, 5.41) is 2.79. The van der Waals surface area contributed by atoms with Crippen molar-refractivity contribution in [1.29, 1.82) is 0 Å². The molecule has 0 aliphatic carbocycles. The van der Waals surface area contributed by atoms with E-state index in [4.69, 9.17) is 21.3 Å². The van der Waals surface area contributed by atoms with E-state index < -0.39 is 0 Å². The Kier molecular flexibility index (Phi) is 6.53. The van der Waals surface area contributed by atoms with E-state index in [1.165, 1.54) is 0 Å². The Labute approximate surface area is 212 Å². The maximum atomic E-state index is 12.7. The third kappa shape index (κ3) is 4.65. The molecule has 0 saturated carbocycles. The van der Waals surface area contributed by atoms with Crippen LogP contribution in [0.1, 0.15) is 12.6 Å². The molecule has 6 nitrogen and oxygen atoms in total. The number of halogens is 1.